The Morgan fingerprint density at radius 3 is 2.74 bits per heavy atom. The number of rotatable bonds is 4. The maximum Gasteiger partial charge on any atom is 0.415 e. The van der Waals surface area contributed by atoms with Crippen molar-refractivity contribution in [2.24, 2.45) is 0 Å². The summed E-state index contributed by atoms with van der Waals surface area (Å²) in [5.41, 5.74) is 2.97. The first-order valence-electron chi connectivity index (χ1n) is 10.4. The number of carbonyl (C=O) groups is 1. The van der Waals surface area contributed by atoms with Crippen molar-refractivity contribution in [1.82, 2.24) is 14.9 Å². The molecule has 2 aliphatic heterocycles. The number of nitrogens with zero attached hydrogens (tertiary/aromatic N) is 4. The average molecular weight is 438 g/mol. The maximum absolute atomic E-state index is 12.7. The highest BCUT2D eigenvalue weighted by atomic mass is 35.5. The third kappa shape index (κ3) is 3.47. The topological polar surface area (TPSA) is 70.6 Å². The molecule has 8 heteroatoms. The molecule has 1 amide bonds. The van der Waals surface area contributed by atoms with E-state index in [0.717, 1.165) is 40.9 Å². The smallest absolute Gasteiger partial charge is 0.415 e. The van der Waals surface area contributed by atoms with E-state index in [9.17, 15) is 4.79 Å². The number of hydrogen-bond donors (Lipinski definition) is 1. The predicted molar refractivity (Wildman–Crippen MR) is 122 cm³/mol. The largest absolute Gasteiger partial charge is 0.438 e. The van der Waals surface area contributed by atoms with Gasteiger partial charge in [-0.2, -0.15) is 0 Å². The minimum absolute atomic E-state index is 0.306. The number of aromatic nitrogens is 2. The SMILES string of the molecule is Cc1c(Cl)cccc1Nc1ncnc2ccc(N3CC4(CN(C(C)C)C4)OC3=O)cc12. The lowest BCUT2D eigenvalue weighted by molar-refractivity contribution is -0.0856. The standard InChI is InChI=1S/C23H24ClN5O2/c1-14(2)28-10-23(11-28)12-29(22(30)31-23)16-7-8-20-17(9-16)21(26-13-25-20)27-19-6-4-5-18(24)15(19)3/h4-9,13-14H,10-12H2,1-3H3,(H,25,26,27). The first kappa shape index (κ1) is 20.0. The molecule has 2 fully saturated rings. The van der Waals surface area contributed by atoms with Crippen molar-refractivity contribution in [2.45, 2.75) is 32.4 Å². The molecule has 0 aliphatic carbocycles. The van der Waals surface area contributed by atoms with E-state index in [1.54, 1.807) is 4.90 Å². The van der Waals surface area contributed by atoms with Gasteiger partial charge in [0, 0.05) is 40.9 Å². The summed E-state index contributed by atoms with van der Waals surface area (Å²) in [6.07, 6.45) is 1.22. The zero-order valence-corrected chi connectivity index (χ0v) is 18.5. The summed E-state index contributed by atoms with van der Waals surface area (Å²) in [7, 11) is 0. The Bertz CT molecular complexity index is 1180. The fourth-order valence-electron chi connectivity index (χ4n) is 4.23. The molecule has 2 aromatic carbocycles. The van der Waals surface area contributed by atoms with Gasteiger partial charge in [0.2, 0.25) is 0 Å². The second kappa shape index (κ2) is 7.35. The molecular formula is C23H24ClN5O2. The number of hydrogen-bond acceptors (Lipinski definition) is 6. The lowest BCUT2D eigenvalue weighted by atomic mass is 9.92. The molecule has 7 nitrogen and oxygen atoms in total. The third-order valence-corrected chi connectivity index (χ3v) is 6.54. The van der Waals surface area contributed by atoms with Gasteiger partial charge in [0.05, 0.1) is 12.1 Å². The Morgan fingerprint density at radius 1 is 1.16 bits per heavy atom. The molecule has 2 aliphatic rings. The van der Waals surface area contributed by atoms with Crippen LogP contribution in [0.15, 0.2) is 42.7 Å². The first-order chi connectivity index (χ1) is 14.8. The van der Waals surface area contributed by atoms with Crippen LogP contribution in [-0.2, 0) is 4.74 Å². The van der Waals surface area contributed by atoms with E-state index in [1.807, 2.05) is 43.3 Å². The summed E-state index contributed by atoms with van der Waals surface area (Å²) < 4.78 is 5.78. The van der Waals surface area contributed by atoms with Crippen molar-refractivity contribution in [3.05, 3.63) is 53.3 Å². The number of carbonyl (C=O) groups excluding carboxylic acids is 1. The van der Waals surface area contributed by atoms with E-state index in [-0.39, 0.29) is 6.09 Å². The van der Waals surface area contributed by atoms with Gasteiger partial charge in [0.25, 0.3) is 0 Å². The van der Waals surface area contributed by atoms with Gasteiger partial charge in [-0.25, -0.2) is 14.8 Å². The Morgan fingerprint density at radius 2 is 1.97 bits per heavy atom. The highest BCUT2D eigenvalue weighted by Gasteiger charge is 2.54. The Hall–Kier alpha value is -2.90. The molecule has 0 atom stereocenters. The molecule has 3 heterocycles. The highest BCUT2D eigenvalue weighted by Crippen LogP contribution is 2.37. The summed E-state index contributed by atoms with van der Waals surface area (Å²) in [5, 5.41) is 4.87. The molecular weight excluding hydrogens is 414 g/mol. The van der Waals surface area contributed by atoms with Gasteiger partial charge in [-0.15, -0.1) is 0 Å². The zero-order chi connectivity index (χ0) is 21.8. The quantitative estimate of drug-likeness (QED) is 0.634. The molecule has 2 saturated heterocycles. The number of ether oxygens (including phenoxy) is 1. The Kier molecular flexibility index (Phi) is 4.75. The summed E-state index contributed by atoms with van der Waals surface area (Å²) in [6, 6.07) is 11.9. The minimum atomic E-state index is -0.414. The van der Waals surface area contributed by atoms with Gasteiger partial charge in [-0.3, -0.25) is 9.80 Å². The predicted octanol–water partition coefficient (Wildman–Crippen LogP) is 4.75. The molecule has 5 rings (SSSR count). The summed E-state index contributed by atoms with van der Waals surface area (Å²) in [4.78, 5) is 25.5. The van der Waals surface area contributed by atoms with Crippen LogP contribution in [0.4, 0.5) is 22.0 Å². The van der Waals surface area contributed by atoms with Crippen molar-refractivity contribution in [2.75, 3.05) is 29.9 Å². The monoisotopic (exact) mass is 437 g/mol. The van der Waals surface area contributed by atoms with Crippen LogP contribution in [0.25, 0.3) is 10.9 Å². The fourth-order valence-corrected chi connectivity index (χ4v) is 4.40. The number of likely N-dealkylation sites (tertiary alicyclic amines) is 1. The molecule has 3 aromatic rings. The Labute approximate surface area is 186 Å². The third-order valence-electron chi connectivity index (χ3n) is 6.13. The number of anilines is 3. The molecule has 1 spiro atoms. The lowest BCUT2D eigenvalue weighted by Gasteiger charge is -2.47. The molecule has 1 aromatic heterocycles. The fraction of sp³-hybridized carbons (Fsp3) is 0.348. The van der Waals surface area contributed by atoms with Gasteiger partial charge in [-0.05, 0) is 56.7 Å². The number of nitrogens with one attached hydrogen (secondary N) is 1. The summed E-state index contributed by atoms with van der Waals surface area (Å²) in [6.45, 7) is 8.35. The average Bonchev–Trinajstić information content (AvgIpc) is 3.08. The van der Waals surface area contributed by atoms with E-state index >= 15 is 0 Å². The van der Waals surface area contributed by atoms with Crippen LogP contribution in [0, 0.1) is 6.92 Å². The van der Waals surface area contributed by atoms with Crippen LogP contribution < -0.4 is 10.2 Å². The van der Waals surface area contributed by atoms with Crippen LogP contribution in [0.5, 0.6) is 0 Å². The van der Waals surface area contributed by atoms with E-state index < -0.39 is 5.60 Å². The summed E-state index contributed by atoms with van der Waals surface area (Å²) in [5.74, 6) is 0.661. The van der Waals surface area contributed by atoms with Gasteiger partial charge >= 0.3 is 6.09 Å². The van der Waals surface area contributed by atoms with Crippen molar-refractivity contribution in [3.8, 4) is 0 Å². The van der Waals surface area contributed by atoms with Crippen LogP contribution in [-0.4, -0.2) is 52.2 Å². The van der Waals surface area contributed by atoms with Crippen LogP contribution in [0.2, 0.25) is 5.02 Å². The second-order valence-electron chi connectivity index (χ2n) is 8.60. The molecule has 0 saturated carbocycles. The number of halogens is 1. The zero-order valence-electron chi connectivity index (χ0n) is 17.7. The molecule has 0 radical (unpaired) electrons. The first-order valence-corrected chi connectivity index (χ1v) is 10.7. The van der Waals surface area contributed by atoms with Crippen molar-refractivity contribution >= 4 is 45.8 Å². The summed E-state index contributed by atoms with van der Waals surface area (Å²) >= 11 is 6.27. The van der Waals surface area contributed by atoms with Gasteiger partial charge in [0.1, 0.15) is 12.1 Å². The minimum Gasteiger partial charge on any atom is -0.438 e. The number of fused-ring (bicyclic) bond motifs is 1. The van der Waals surface area contributed by atoms with Crippen molar-refractivity contribution < 1.29 is 9.53 Å². The second-order valence-corrected chi connectivity index (χ2v) is 9.00. The molecule has 1 N–H and O–H groups in total. The van der Waals surface area contributed by atoms with Gasteiger partial charge < -0.3 is 10.1 Å². The number of benzene rings is 2. The van der Waals surface area contributed by atoms with E-state index in [1.165, 1.54) is 6.33 Å². The molecule has 31 heavy (non-hydrogen) atoms. The molecule has 160 valence electrons. The van der Waals surface area contributed by atoms with Gasteiger partial charge in [0.15, 0.2) is 5.60 Å². The van der Waals surface area contributed by atoms with Crippen LogP contribution in [0.3, 0.4) is 0 Å². The molecule has 0 bridgehead atoms. The van der Waals surface area contributed by atoms with Crippen molar-refractivity contribution in [1.29, 1.82) is 0 Å². The Balaban J connectivity index is 1.46. The highest BCUT2D eigenvalue weighted by molar-refractivity contribution is 6.31. The normalized spacial score (nSPS) is 18.0. The van der Waals surface area contributed by atoms with Crippen molar-refractivity contribution in [3.63, 3.8) is 0 Å². The number of amides is 1. The maximum atomic E-state index is 12.7. The van der Waals surface area contributed by atoms with Crippen LogP contribution in [0.1, 0.15) is 19.4 Å². The van der Waals surface area contributed by atoms with Gasteiger partial charge in [-0.1, -0.05) is 17.7 Å². The van der Waals surface area contributed by atoms with Crippen LogP contribution >= 0.6 is 11.6 Å². The van der Waals surface area contributed by atoms with E-state index in [0.29, 0.717) is 23.4 Å². The lowest BCUT2D eigenvalue weighted by Crippen LogP contribution is -2.65. The van der Waals surface area contributed by atoms with E-state index in [2.05, 4.69) is 34.0 Å². The van der Waals surface area contributed by atoms with E-state index in [4.69, 9.17) is 16.3 Å². The molecule has 0 unspecified atom stereocenters.